The molecule has 0 saturated carbocycles. The van der Waals surface area contributed by atoms with E-state index in [1.807, 2.05) is 0 Å². The van der Waals surface area contributed by atoms with Gasteiger partial charge in [0.1, 0.15) is 11.4 Å². The number of H-pyrrole nitrogens is 3. The molecule has 0 spiro atoms. The maximum atomic E-state index is 13.6. The summed E-state index contributed by atoms with van der Waals surface area (Å²) in [5, 5.41) is 17.5. The molecule has 384 valence electrons. The summed E-state index contributed by atoms with van der Waals surface area (Å²) >= 11 is 0. The van der Waals surface area contributed by atoms with E-state index in [4.69, 9.17) is 28.5 Å². The SMILES string of the molecule is CCCCCCCCCCCCOc1c[nH]c(C(=O)OCc2oc(=O)oc2C)c1.CCCCCCCCCCCc1c[nH]c(C(=O)O)c1F.CCCCCCCCCCc1c[nH]c(C(=O)O)c1F. The van der Waals surface area contributed by atoms with Crippen LogP contribution in [0.15, 0.2) is 38.3 Å². The molecular formula is C53H83F2N3O10. The number of carbonyl (C=O) groups excluding carboxylic acids is 1. The number of carboxylic acids is 2. The van der Waals surface area contributed by atoms with Crippen LogP contribution in [0.4, 0.5) is 8.78 Å². The number of aromatic carboxylic acids is 2. The number of aryl methyl sites for hydroxylation is 3. The monoisotopic (exact) mass is 960 g/mol. The maximum absolute atomic E-state index is 13.6. The second kappa shape index (κ2) is 36.9. The molecule has 0 radical (unpaired) electrons. The van der Waals surface area contributed by atoms with Crippen molar-refractivity contribution in [1.29, 1.82) is 0 Å². The molecular weight excluding hydrogens is 877 g/mol. The Hall–Kier alpha value is -5.08. The first-order valence-corrected chi connectivity index (χ1v) is 25.7. The summed E-state index contributed by atoms with van der Waals surface area (Å²) in [6, 6.07) is 1.61. The Morgan fingerprint density at radius 2 is 0.956 bits per heavy atom. The van der Waals surface area contributed by atoms with Crippen molar-refractivity contribution in [2.45, 2.75) is 221 Å². The third kappa shape index (κ3) is 25.3. The summed E-state index contributed by atoms with van der Waals surface area (Å²) in [6.07, 6.45) is 39.2. The third-order valence-electron chi connectivity index (χ3n) is 11.9. The van der Waals surface area contributed by atoms with Crippen molar-refractivity contribution in [2.75, 3.05) is 6.61 Å². The molecule has 13 nitrogen and oxygen atoms in total. The van der Waals surface area contributed by atoms with E-state index >= 15 is 0 Å². The molecule has 4 aromatic heterocycles. The predicted octanol–water partition coefficient (Wildman–Crippen LogP) is 15.0. The molecule has 0 aliphatic heterocycles. The summed E-state index contributed by atoms with van der Waals surface area (Å²) in [7, 11) is 0. The molecule has 0 atom stereocenters. The van der Waals surface area contributed by atoms with Crippen molar-refractivity contribution in [2.24, 2.45) is 0 Å². The predicted molar refractivity (Wildman–Crippen MR) is 262 cm³/mol. The molecule has 0 unspecified atom stereocenters. The molecule has 68 heavy (non-hydrogen) atoms. The van der Waals surface area contributed by atoms with Gasteiger partial charge in [-0.3, -0.25) is 0 Å². The van der Waals surface area contributed by atoms with Gasteiger partial charge in [0.15, 0.2) is 41.1 Å². The van der Waals surface area contributed by atoms with Gasteiger partial charge in [-0.05, 0) is 39.0 Å². The standard InChI is InChI=1S/C22H33NO6.C16H26FNO2.C15H24FNO2/c1-3-4-5-6-7-8-9-10-11-12-13-26-18-14-19(23-15-18)21(24)27-16-20-17(2)28-22(25)29-20;1-2-3-4-5-6-7-8-9-10-11-13-12-18-15(14(13)17)16(19)20;1-2-3-4-5-6-7-8-9-10-12-11-17-14(13(12)16)15(18)19/h14-15,23H,3-13,16H2,1-2H3;12,18H,2-11H2,1H3,(H,19,20);11,17H,2-10H2,1H3,(H,18,19). The van der Waals surface area contributed by atoms with Gasteiger partial charge in [-0.15, -0.1) is 0 Å². The van der Waals surface area contributed by atoms with Gasteiger partial charge in [-0.25, -0.2) is 28.0 Å². The molecule has 0 aliphatic carbocycles. The van der Waals surface area contributed by atoms with Crippen LogP contribution in [0.2, 0.25) is 0 Å². The number of carboxylic acid groups (broad SMARTS) is 2. The van der Waals surface area contributed by atoms with Crippen LogP contribution in [0.3, 0.4) is 0 Å². The minimum absolute atomic E-state index is 0.162. The number of hydrogen-bond acceptors (Lipinski definition) is 8. The average Bonchev–Trinajstić information content (AvgIpc) is 4.11. The number of esters is 1. The fourth-order valence-corrected chi connectivity index (χ4v) is 7.71. The fraction of sp³-hybridized carbons (Fsp3) is 0.660. The largest absolute Gasteiger partial charge is 0.519 e. The Labute approximate surface area is 403 Å². The second-order valence-electron chi connectivity index (χ2n) is 17.7. The lowest BCUT2D eigenvalue weighted by Gasteiger charge is -2.04. The van der Waals surface area contributed by atoms with E-state index in [0.29, 0.717) is 42.1 Å². The summed E-state index contributed by atoms with van der Waals surface area (Å²) < 4.78 is 47.5. The van der Waals surface area contributed by atoms with E-state index in [2.05, 4.69) is 35.7 Å². The number of rotatable bonds is 36. The van der Waals surface area contributed by atoms with Gasteiger partial charge in [0.2, 0.25) is 0 Å². The second-order valence-corrected chi connectivity index (χ2v) is 17.7. The lowest BCUT2D eigenvalue weighted by molar-refractivity contribution is 0.0436. The number of ether oxygens (including phenoxy) is 2. The number of halogens is 2. The van der Waals surface area contributed by atoms with Gasteiger partial charge < -0.3 is 43.5 Å². The zero-order valence-corrected chi connectivity index (χ0v) is 41.6. The molecule has 15 heteroatoms. The molecule has 0 amide bonds. The molecule has 0 fully saturated rings. The lowest BCUT2D eigenvalue weighted by atomic mass is 10.0. The Morgan fingerprint density at radius 1 is 0.559 bits per heavy atom. The summed E-state index contributed by atoms with van der Waals surface area (Å²) in [5.74, 6) is -3.92. The molecule has 4 heterocycles. The molecule has 0 aromatic carbocycles. The Kier molecular flexibility index (Phi) is 32.0. The van der Waals surface area contributed by atoms with Crippen molar-refractivity contribution in [3.63, 3.8) is 0 Å². The van der Waals surface area contributed by atoms with Gasteiger partial charge in [-0.1, -0.05) is 175 Å². The quantitative estimate of drug-likeness (QED) is 0.0216. The van der Waals surface area contributed by atoms with Crippen molar-refractivity contribution in [1.82, 2.24) is 15.0 Å². The van der Waals surface area contributed by atoms with E-state index in [0.717, 1.165) is 38.5 Å². The number of aromatic amines is 3. The van der Waals surface area contributed by atoms with E-state index in [1.165, 1.54) is 147 Å². The molecule has 4 rings (SSSR count). The van der Waals surface area contributed by atoms with E-state index in [-0.39, 0.29) is 29.4 Å². The first-order valence-electron chi connectivity index (χ1n) is 25.7. The first-order chi connectivity index (χ1) is 32.9. The van der Waals surface area contributed by atoms with Crippen molar-refractivity contribution in [3.05, 3.63) is 86.6 Å². The van der Waals surface area contributed by atoms with Gasteiger partial charge in [0, 0.05) is 35.8 Å². The molecule has 0 aliphatic rings. The van der Waals surface area contributed by atoms with Crippen LogP contribution in [0.5, 0.6) is 5.75 Å². The molecule has 0 bridgehead atoms. The fourth-order valence-electron chi connectivity index (χ4n) is 7.71. The van der Waals surface area contributed by atoms with E-state index in [9.17, 15) is 28.0 Å². The van der Waals surface area contributed by atoms with Crippen LogP contribution in [0.25, 0.3) is 0 Å². The lowest BCUT2D eigenvalue weighted by Crippen LogP contribution is -2.05. The van der Waals surface area contributed by atoms with Crippen LogP contribution in [0.1, 0.15) is 248 Å². The van der Waals surface area contributed by atoms with Crippen LogP contribution >= 0.6 is 0 Å². The Bertz CT molecular complexity index is 1990. The van der Waals surface area contributed by atoms with Crippen LogP contribution < -0.4 is 10.6 Å². The van der Waals surface area contributed by atoms with Crippen LogP contribution in [0, 0.1) is 18.6 Å². The highest BCUT2D eigenvalue weighted by Gasteiger charge is 2.18. The maximum Gasteiger partial charge on any atom is 0.519 e. The topological polar surface area (TPSA) is 201 Å². The Balaban J connectivity index is 0.000000362. The van der Waals surface area contributed by atoms with Gasteiger partial charge in [0.25, 0.3) is 0 Å². The van der Waals surface area contributed by atoms with Gasteiger partial charge >= 0.3 is 23.7 Å². The zero-order chi connectivity index (χ0) is 49.8. The van der Waals surface area contributed by atoms with Crippen LogP contribution in [-0.2, 0) is 24.2 Å². The Morgan fingerprint density at radius 3 is 1.32 bits per heavy atom. The number of unbranched alkanes of at least 4 members (excludes halogenated alkanes) is 24. The highest BCUT2D eigenvalue weighted by Crippen LogP contribution is 2.20. The number of aromatic nitrogens is 3. The number of carbonyl (C=O) groups is 3. The van der Waals surface area contributed by atoms with Gasteiger partial charge in [-0.2, -0.15) is 0 Å². The third-order valence-corrected chi connectivity index (χ3v) is 11.9. The number of hydrogen-bond donors (Lipinski definition) is 5. The number of nitrogens with one attached hydrogen (secondary N) is 3. The van der Waals surface area contributed by atoms with Crippen molar-refractivity contribution < 1.29 is 51.7 Å². The van der Waals surface area contributed by atoms with Crippen molar-refractivity contribution in [3.8, 4) is 5.75 Å². The van der Waals surface area contributed by atoms with E-state index < -0.39 is 35.4 Å². The minimum Gasteiger partial charge on any atom is -0.492 e. The van der Waals surface area contributed by atoms with E-state index in [1.54, 1.807) is 19.2 Å². The smallest absolute Gasteiger partial charge is 0.492 e. The summed E-state index contributed by atoms with van der Waals surface area (Å²) in [6.45, 7) is 8.70. The molecule has 5 N–H and O–H groups in total. The van der Waals surface area contributed by atoms with Crippen LogP contribution in [-0.4, -0.2) is 49.7 Å². The van der Waals surface area contributed by atoms with Crippen molar-refractivity contribution >= 4 is 17.9 Å². The molecule has 0 saturated heterocycles. The molecule has 4 aromatic rings. The minimum atomic E-state index is -1.24. The highest BCUT2D eigenvalue weighted by atomic mass is 19.1. The van der Waals surface area contributed by atoms with Gasteiger partial charge in [0.05, 0.1) is 6.61 Å². The summed E-state index contributed by atoms with van der Waals surface area (Å²) in [4.78, 5) is 52.2. The first kappa shape index (κ1) is 59.0. The average molecular weight is 960 g/mol. The normalized spacial score (nSPS) is 10.9. The highest BCUT2D eigenvalue weighted by molar-refractivity contribution is 5.88. The summed E-state index contributed by atoms with van der Waals surface area (Å²) in [5.41, 5.74) is 0.616. The zero-order valence-electron chi connectivity index (χ0n) is 41.6.